The minimum absolute atomic E-state index is 0.232. The van der Waals surface area contributed by atoms with Crippen molar-refractivity contribution in [2.75, 3.05) is 0 Å². The van der Waals surface area contributed by atoms with E-state index in [4.69, 9.17) is 0 Å². The van der Waals surface area contributed by atoms with Crippen LogP contribution in [0.4, 0.5) is 8.78 Å². The van der Waals surface area contributed by atoms with E-state index in [1.165, 1.54) is 30.0 Å². The van der Waals surface area contributed by atoms with Crippen LogP contribution in [-0.4, -0.2) is 0 Å². The Morgan fingerprint density at radius 1 is 0.938 bits per heavy atom. The van der Waals surface area contributed by atoms with Crippen LogP contribution >= 0.6 is 11.8 Å². The van der Waals surface area contributed by atoms with Crippen molar-refractivity contribution in [3.8, 4) is 0 Å². The molecule has 0 saturated heterocycles. The van der Waals surface area contributed by atoms with Crippen LogP contribution in [0.3, 0.4) is 0 Å². The molecule has 0 radical (unpaired) electrons. The lowest BCUT2D eigenvalue weighted by molar-refractivity contribution is 0.602. The Labute approximate surface area is 97.3 Å². The highest BCUT2D eigenvalue weighted by molar-refractivity contribution is 7.98. The number of thioether (sulfide) groups is 1. The fourth-order valence-electron chi connectivity index (χ4n) is 1.35. The quantitative estimate of drug-likeness (QED) is 0.718. The van der Waals surface area contributed by atoms with E-state index in [9.17, 15) is 8.78 Å². The van der Waals surface area contributed by atoms with Crippen LogP contribution in [0.25, 0.3) is 0 Å². The standard InChI is InChI=1S/C13H10F2S/c14-11-5-3-4-10(8-11)9-16-13-7-2-1-6-12(13)15/h1-8H,9H2. The first kappa shape index (κ1) is 11.1. The van der Waals surface area contributed by atoms with Crippen LogP contribution in [0.5, 0.6) is 0 Å². The molecular formula is C13H10F2S. The van der Waals surface area contributed by atoms with Crippen LogP contribution in [-0.2, 0) is 5.75 Å². The van der Waals surface area contributed by atoms with Gasteiger partial charge in [-0.1, -0.05) is 24.3 Å². The Bertz CT molecular complexity index is 483. The lowest BCUT2D eigenvalue weighted by Crippen LogP contribution is -1.84. The van der Waals surface area contributed by atoms with Crippen molar-refractivity contribution in [3.63, 3.8) is 0 Å². The molecule has 0 fully saturated rings. The molecule has 3 heteroatoms. The minimum Gasteiger partial charge on any atom is -0.207 e. The molecule has 0 aliphatic heterocycles. The second-order valence-electron chi connectivity index (χ2n) is 3.35. The van der Waals surface area contributed by atoms with Crippen molar-refractivity contribution in [3.05, 3.63) is 65.7 Å². The molecule has 0 spiro atoms. The van der Waals surface area contributed by atoms with Crippen LogP contribution in [0.1, 0.15) is 5.56 Å². The van der Waals surface area contributed by atoms with E-state index in [2.05, 4.69) is 0 Å². The van der Waals surface area contributed by atoms with Crippen molar-refractivity contribution in [2.24, 2.45) is 0 Å². The third-order valence-corrected chi connectivity index (χ3v) is 3.24. The second-order valence-corrected chi connectivity index (χ2v) is 4.37. The maximum atomic E-state index is 13.3. The molecule has 0 N–H and O–H groups in total. The number of halogens is 2. The monoisotopic (exact) mass is 236 g/mol. The minimum atomic E-state index is -0.258. The molecular weight excluding hydrogens is 226 g/mol. The summed E-state index contributed by atoms with van der Waals surface area (Å²) in [5, 5.41) is 0. The topological polar surface area (TPSA) is 0 Å². The molecule has 0 aliphatic rings. The van der Waals surface area contributed by atoms with Gasteiger partial charge in [0.25, 0.3) is 0 Å². The molecule has 16 heavy (non-hydrogen) atoms. The number of rotatable bonds is 3. The molecule has 0 nitrogen and oxygen atoms in total. The van der Waals surface area contributed by atoms with E-state index in [1.54, 1.807) is 24.3 Å². The molecule has 0 aliphatic carbocycles. The third-order valence-electron chi connectivity index (χ3n) is 2.12. The van der Waals surface area contributed by atoms with Gasteiger partial charge in [-0.25, -0.2) is 8.78 Å². The molecule has 0 unspecified atom stereocenters. The normalized spacial score (nSPS) is 10.4. The molecule has 2 rings (SSSR count). The Hall–Kier alpha value is -1.35. The SMILES string of the molecule is Fc1cccc(CSc2ccccc2F)c1. The molecule has 0 atom stereocenters. The second kappa shape index (κ2) is 5.12. The number of benzene rings is 2. The van der Waals surface area contributed by atoms with Crippen LogP contribution < -0.4 is 0 Å². The van der Waals surface area contributed by atoms with E-state index in [0.29, 0.717) is 10.6 Å². The van der Waals surface area contributed by atoms with Crippen molar-refractivity contribution < 1.29 is 8.78 Å². The zero-order valence-corrected chi connectivity index (χ0v) is 9.31. The summed E-state index contributed by atoms with van der Waals surface area (Å²) in [6.07, 6.45) is 0. The molecule has 82 valence electrons. The predicted molar refractivity (Wildman–Crippen MR) is 62.4 cm³/mol. The van der Waals surface area contributed by atoms with E-state index in [1.807, 2.05) is 6.07 Å². The van der Waals surface area contributed by atoms with Gasteiger partial charge in [0, 0.05) is 10.6 Å². The highest BCUT2D eigenvalue weighted by Crippen LogP contribution is 2.25. The zero-order valence-electron chi connectivity index (χ0n) is 8.49. The van der Waals surface area contributed by atoms with Gasteiger partial charge in [-0.2, -0.15) is 0 Å². The first-order valence-electron chi connectivity index (χ1n) is 4.87. The summed E-state index contributed by atoms with van der Waals surface area (Å²) < 4.78 is 26.2. The van der Waals surface area contributed by atoms with E-state index in [-0.39, 0.29) is 11.6 Å². The third kappa shape index (κ3) is 2.83. The fourth-order valence-corrected chi connectivity index (χ4v) is 2.23. The highest BCUT2D eigenvalue weighted by atomic mass is 32.2. The fraction of sp³-hybridized carbons (Fsp3) is 0.0769. The van der Waals surface area contributed by atoms with Gasteiger partial charge in [0.2, 0.25) is 0 Å². The summed E-state index contributed by atoms with van der Waals surface area (Å²) in [5.74, 6) is 0.0779. The van der Waals surface area contributed by atoms with Crippen molar-refractivity contribution in [2.45, 2.75) is 10.6 Å². The molecule has 2 aromatic rings. The maximum Gasteiger partial charge on any atom is 0.136 e. The van der Waals surface area contributed by atoms with Gasteiger partial charge in [0.05, 0.1) is 0 Å². The number of hydrogen-bond donors (Lipinski definition) is 0. The lowest BCUT2D eigenvalue weighted by Gasteiger charge is -2.03. The highest BCUT2D eigenvalue weighted by Gasteiger charge is 2.02. The van der Waals surface area contributed by atoms with Crippen molar-refractivity contribution in [1.29, 1.82) is 0 Å². The predicted octanol–water partition coefficient (Wildman–Crippen LogP) is 4.26. The Morgan fingerprint density at radius 2 is 1.75 bits per heavy atom. The summed E-state index contributed by atoms with van der Waals surface area (Å²) in [7, 11) is 0. The Balaban J connectivity index is 2.05. The summed E-state index contributed by atoms with van der Waals surface area (Å²) in [4.78, 5) is 0.590. The van der Waals surface area contributed by atoms with Crippen molar-refractivity contribution >= 4 is 11.8 Å². The Kier molecular flexibility index (Phi) is 3.57. The van der Waals surface area contributed by atoms with Gasteiger partial charge < -0.3 is 0 Å². The molecule has 0 amide bonds. The van der Waals surface area contributed by atoms with Gasteiger partial charge >= 0.3 is 0 Å². The van der Waals surface area contributed by atoms with Gasteiger partial charge in [-0.05, 0) is 29.8 Å². The summed E-state index contributed by atoms with van der Waals surface area (Å²) >= 11 is 1.37. The Morgan fingerprint density at radius 3 is 2.50 bits per heavy atom. The molecule has 0 heterocycles. The molecule has 0 saturated carbocycles. The largest absolute Gasteiger partial charge is 0.207 e. The first-order valence-corrected chi connectivity index (χ1v) is 5.86. The summed E-state index contributed by atoms with van der Waals surface area (Å²) in [6, 6.07) is 12.9. The number of hydrogen-bond acceptors (Lipinski definition) is 1. The van der Waals surface area contributed by atoms with Gasteiger partial charge in [0.1, 0.15) is 11.6 Å². The molecule has 2 aromatic carbocycles. The van der Waals surface area contributed by atoms with Crippen LogP contribution in [0.15, 0.2) is 53.4 Å². The van der Waals surface area contributed by atoms with Crippen molar-refractivity contribution in [1.82, 2.24) is 0 Å². The van der Waals surface area contributed by atoms with Crippen LogP contribution in [0, 0.1) is 11.6 Å². The van der Waals surface area contributed by atoms with Gasteiger partial charge in [0.15, 0.2) is 0 Å². The first-order chi connectivity index (χ1) is 7.75. The maximum absolute atomic E-state index is 13.3. The zero-order chi connectivity index (χ0) is 11.4. The average molecular weight is 236 g/mol. The van der Waals surface area contributed by atoms with E-state index in [0.717, 1.165) is 5.56 Å². The molecule has 0 aromatic heterocycles. The van der Waals surface area contributed by atoms with Gasteiger partial charge in [-0.3, -0.25) is 0 Å². The summed E-state index contributed by atoms with van der Waals surface area (Å²) in [6.45, 7) is 0. The van der Waals surface area contributed by atoms with Gasteiger partial charge in [-0.15, -0.1) is 11.8 Å². The molecule has 0 bridgehead atoms. The van der Waals surface area contributed by atoms with E-state index >= 15 is 0 Å². The lowest BCUT2D eigenvalue weighted by atomic mass is 10.2. The average Bonchev–Trinajstić information content (AvgIpc) is 2.28. The van der Waals surface area contributed by atoms with Crippen LogP contribution in [0.2, 0.25) is 0 Å². The smallest absolute Gasteiger partial charge is 0.136 e. The van der Waals surface area contributed by atoms with E-state index < -0.39 is 0 Å². The summed E-state index contributed by atoms with van der Waals surface area (Å²) in [5.41, 5.74) is 0.855.